The van der Waals surface area contributed by atoms with E-state index in [9.17, 15) is 8.78 Å². The van der Waals surface area contributed by atoms with Gasteiger partial charge in [0.1, 0.15) is 5.52 Å². The van der Waals surface area contributed by atoms with Gasteiger partial charge in [-0.15, -0.1) is 0 Å². The zero-order valence-electron chi connectivity index (χ0n) is 17.3. The lowest BCUT2D eigenvalue weighted by molar-refractivity contribution is 0.515. The van der Waals surface area contributed by atoms with Crippen LogP contribution in [0, 0.1) is 11.6 Å². The number of hydrogen-bond acceptors (Lipinski definition) is 4. The largest absolute Gasteiger partial charge is 0.306 e. The molecule has 33 heavy (non-hydrogen) atoms. The number of halogens is 3. The Morgan fingerprint density at radius 1 is 0.818 bits per heavy atom. The Hall–Kier alpha value is -3.90. The monoisotopic (exact) mass is 458 g/mol. The normalized spacial score (nSPS) is 11.0. The number of nitrogens with zero attached hydrogens (tertiary/aromatic N) is 4. The lowest BCUT2D eigenvalue weighted by atomic mass is 10.1. The highest BCUT2D eigenvalue weighted by molar-refractivity contribution is 6.30. The fourth-order valence-corrected chi connectivity index (χ4v) is 3.88. The van der Waals surface area contributed by atoms with Gasteiger partial charge in [-0.25, -0.2) is 18.7 Å². The summed E-state index contributed by atoms with van der Waals surface area (Å²) in [5.74, 6) is -1.45. The maximum absolute atomic E-state index is 14.4. The molecule has 0 N–H and O–H groups in total. The standard InChI is InChI=1S/C26H17ClF2N4/c27-19-7-4-8-20(15-19)33(26-31-14-12-23(32-26)17-5-2-1-3-6-17)16-18-11-13-30-25-21(18)9-10-22(28)24(25)29/h1-15H,16H2. The molecule has 2 heterocycles. The van der Waals surface area contributed by atoms with Gasteiger partial charge in [-0.2, -0.15) is 0 Å². The molecule has 0 unspecified atom stereocenters. The van der Waals surface area contributed by atoms with Gasteiger partial charge in [0.05, 0.1) is 12.2 Å². The van der Waals surface area contributed by atoms with Crippen LogP contribution >= 0.6 is 11.6 Å². The van der Waals surface area contributed by atoms with Crippen molar-refractivity contribution in [3.05, 3.63) is 113 Å². The van der Waals surface area contributed by atoms with E-state index in [1.807, 2.05) is 59.5 Å². The minimum atomic E-state index is -0.967. The fraction of sp³-hybridized carbons (Fsp3) is 0.0385. The van der Waals surface area contributed by atoms with Crippen molar-refractivity contribution in [1.29, 1.82) is 0 Å². The molecule has 7 heteroatoms. The topological polar surface area (TPSA) is 41.9 Å². The molecule has 4 nitrogen and oxygen atoms in total. The van der Waals surface area contributed by atoms with Crippen LogP contribution in [0.4, 0.5) is 20.4 Å². The van der Waals surface area contributed by atoms with E-state index in [1.54, 1.807) is 18.3 Å². The molecule has 0 saturated carbocycles. The van der Waals surface area contributed by atoms with Gasteiger partial charge in [0.2, 0.25) is 5.95 Å². The summed E-state index contributed by atoms with van der Waals surface area (Å²) in [5.41, 5.74) is 3.21. The van der Waals surface area contributed by atoms with Gasteiger partial charge >= 0.3 is 0 Å². The Morgan fingerprint density at radius 2 is 1.64 bits per heavy atom. The van der Waals surface area contributed by atoms with Crippen LogP contribution in [0.1, 0.15) is 5.56 Å². The van der Waals surface area contributed by atoms with Crippen LogP contribution in [0.15, 0.2) is 91.3 Å². The first-order valence-corrected chi connectivity index (χ1v) is 10.6. The van der Waals surface area contributed by atoms with Gasteiger partial charge in [0, 0.05) is 34.1 Å². The van der Waals surface area contributed by atoms with Crippen molar-refractivity contribution in [3.8, 4) is 11.3 Å². The molecule has 162 valence electrons. The second-order valence-electron chi connectivity index (χ2n) is 7.40. The molecule has 0 fully saturated rings. The van der Waals surface area contributed by atoms with Gasteiger partial charge in [0.25, 0.3) is 0 Å². The van der Waals surface area contributed by atoms with Crippen molar-refractivity contribution < 1.29 is 8.78 Å². The van der Waals surface area contributed by atoms with Gasteiger partial charge in [-0.3, -0.25) is 4.98 Å². The maximum Gasteiger partial charge on any atom is 0.230 e. The van der Waals surface area contributed by atoms with Gasteiger partial charge in [-0.05, 0) is 48.0 Å². The van der Waals surface area contributed by atoms with Crippen molar-refractivity contribution in [2.75, 3.05) is 4.90 Å². The van der Waals surface area contributed by atoms with E-state index in [0.29, 0.717) is 22.9 Å². The average molecular weight is 459 g/mol. The number of anilines is 2. The van der Waals surface area contributed by atoms with Crippen molar-refractivity contribution in [2.24, 2.45) is 0 Å². The van der Waals surface area contributed by atoms with Crippen molar-refractivity contribution in [1.82, 2.24) is 15.0 Å². The molecular weight excluding hydrogens is 442 g/mol. The third kappa shape index (κ3) is 4.25. The minimum Gasteiger partial charge on any atom is -0.306 e. The Balaban J connectivity index is 1.63. The van der Waals surface area contributed by atoms with Crippen LogP contribution in [0.25, 0.3) is 22.2 Å². The summed E-state index contributed by atoms with van der Waals surface area (Å²) in [6.07, 6.45) is 3.17. The Bertz CT molecular complexity index is 1440. The predicted octanol–water partition coefficient (Wildman–Crippen LogP) is 6.96. The highest BCUT2D eigenvalue weighted by atomic mass is 35.5. The Kier molecular flexibility index (Phi) is 5.67. The smallest absolute Gasteiger partial charge is 0.230 e. The van der Waals surface area contributed by atoms with Gasteiger partial charge < -0.3 is 4.90 Å². The summed E-state index contributed by atoms with van der Waals surface area (Å²) in [7, 11) is 0. The predicted molar refractivity (Wildman–Crippen MR) is 126 cm³/mol. The van der Waals surface area contributed by atoms with Crippen LogP contribution in [-0.2, 0) is 6.54 Å². The summed E-state index contributed by atoms with van der Waals surface area (Å²) in [5, 5.41) is 1.08. The lowest BCUT2D eigenvalue weighted by Gasteiger charge is -2.24. The third-order valence-electron chi connectivity index (χ3n) is 5.30. The molecule has 2 aromatic heterocycles. The van der Waals surface area contributed by atoms with E-state index in [-0.39, 0.29) is 5.52 Å². The molecule has 0 saturated heterocycles. The summed E-state index contributed by atoms with van der Waals surface area (Å²) in [6, 6.07) is 23.4. The second-order valence-corrected chi connectivity index (χ2v) is 7.84. The molecule has 5 rings (SSSR count). The first-order chi connectivity index (χ1) is 16.1. The third-order valence-corrected chi connectivity index (χ3v) is 5.53. The molecule has 0 amide bonds. The quantitative estimate of drug-likeness (QED) is 0.285. The number of rotatable bonds is 5. The van der Waals surface area contributed by atoms with Crippen LogP contribution in [-0.4, -0.2) is 15.0 Å². The van der Waals surface area contributed by atoms with Crippen molar-refractivity contribution in [3.63, 3.8) is 0 Å². The van der Waals surface area contributed by atoms with E-state index in [4.69, 9.17) is 16.6 Å². The van der Waals surface area contributed by atoms with E-state index in [1.165, 1.54) is 12.3 Å². The first kappa shape index (κ1) is 21.0. The fourth-order valence-electron chi connectivity index (χ4n) is 3.69. The number of hydrogen-bond donors (Lipinski definition) is 0. The van der Waals surface area contributed by atoms with E-state index in [0.717, 1.165) is 28.6 Å². The van der Waals surface area contributed by atoms with Gasteiger partial charge in [0.15, 0.2) is 11.6 Å². The van der Waals surface area contributed by atoms with Crippen LogP contribution in [0.5, 0.6) is 0 Å². The zero-order chi connectivity index (χ0) is 22.8. The molecule has 0 atom stereocenters. The molecule has 0 spiro atoms. The Labute approximate surface area is 194 Å². The molecule has 0 aliphatic rings. The maximum atomic E-state index is 14.4. The van der Waals surface area contributed by atoms with E-state index >= 15 is 0 Å². The summed E-state index contributed by atoms with van der Waals surface area (Å²) >= 11 is 6.27. The minimum absolute atomic E-state index is 0.0162. The van der Waals surface area contributed by atoms with Gasteiger partial charge in [-0.1, -0.05) is 48.0 Å². The number of fused-ring (bicyclic) bond motifs is 1. The van der Waals surface area contributed by atoms with Crippen LogP contribution in [0.3, 0.4) is 0 Å². The van der Waals surface area contributed by atoms with Crippen molar-refractivity contribution in [2.45, 2.75) is 6.54 Å². The van der Waals surface area contributed by atoms with E-state index < -0.39 is 11.6 Å². The number of aromatic nitrogens is 3. The Morgan fingerprint density at radius 3 is 2.45 bits per heavy atom. The SMILES string of the molecule is Fc1ccc2c(CN(c3cccc(Cl)c3)c3nccc(-c4ccccc4)n3)ccnc2c1F. The number of pyridine rings is 1. The molecule has 0 aliphatic heterocycles. The molecule has 5 aromatic rings. The lowest BCUT2D eigenvalue weighted by Crippen LogP contribution is -2.19. The summed E-state index contributed by atoms with van der Waals surface area (Å²) in [6.45, 7) is 0.294. The highest BCUT2D eigenvalue weighted by Crippen LogP contribution is 2.31. The average Bonchev–Trinajstić information content (AvgIpc) is 2.85. The number of benzene rings is 3. The van der Waals surface area contributed by atoms with E-state index in [2.05, 4.69) is 9.97 Å². The second kappa shape index (κ2) is 8.92. The summed E-state index contributed by atoms with van der Waals surface area (Å²) < 4.78 is 28.1. The molecule has 0 radical (unpaired) electrons. The molecule has 3 aromatic carbocycles. The molecule has 0 aliphatic carbocycles. The van der Waals surface area contributed by atoms with Crippen LogP contribution in [0.2, 0.25) is 5.02 Å². The molecule has 0 bridgehead atoms. The summed E-state index contributed by atoms with van der Waals surface area (Å²) in [4.78, 5) is 15.2. The zero-order valence-corrected chi connectivity index (χ0v) is 18.0. The first-order valence-electron chi connectivity index (χ1n) is 10.2. The molecular formula is C26H17ClF2N4. The van der Waals surface area contributed by atoms with Crippen molar-refractivity contribution >= 4 is 34.1 Å². The highest BCUT2D eigenvalue weighted by Gasteiger charge is 2.18. The van der Waals surface area contributed by atoms with Crippen LogP contribution < -0.4 is 4.90 Å².